The van der Waals surface area contributed by atoms with Gasteiger partial charge in [-0.05, 0) is 53.8 Å². The Balaban J connectivity index is 1.87. The van der Waals surface area contributed by atoms with Crippen LogP contribution in [-0.2, 0) is 12.0 Å². The summed E-state index contributed by atoms with van der Waals surface area (Å²) in [5.41, 5.74) is -0.192. The van der Waals surface area contributed by atoms with E-state index in [9.17, 15) is 26.7 Å². The molecule has 1 aliphatic rings. The summed E-state index contributed by atoms with van der Waals surface area (Å²) in [5, 5.41) is 5.93. The first-order chi connectivity index (χ1) is 18.1. The van der Waals surface area contributed by atoms with Crippen molar-refractivity contribution >= 4 is 22.0 Å². The smallest absolute Gasteiger partial charge is 0.428 e. The van der Waals surface area contributed by atoms with Crippen LogP contribution < -0.4 is 15.4 Å². The van der Waals surface area contributed by atoms with E-state index in [1.807, 2.05) is 18.2 Å². The van der Waals surface area contributed by atoms with Gasteiger partial charge in [-0.1, -0.05) is 71.2 Å². The lowest BCUT2D eigenvalue weighted by molar-refractivity contribution is -0.253. The fourth-order valence-electron chi connectivity index (χ4n) is 4.77. The number of alkyl halides is 4. The molecule has 0 spiro atoms. The summed E-state index contributed by atoms with van der Waals surface area (Å²) in [4.78, 5) is 13.3. The molecule has 0 unspecified atom stereocenters. The van der Waals surface area contributed by atoms with Gasteiger partial charge in [0, 0.05) is 23.0 Å². The van der Waals surface area contributed by atoms with Gasteiger partial charge in [0.05, 0.1) is 5.54 Å². The summed E-state index contributed by atoms with van der Waals surface area (Å²) in [5.74, 6) is -1.79. The summed E-state index contributed by atoms with van der Waals surface area (Å²) in [6, 6.07) is 18.1. The second-order valence-electron chi connectivity index (χ2n) is 9.30. The van der Waals surface area contributed by atoms with Crippen LogP contribution >= 0.6 is 15.9 Å². The highest BCUT2D eigenvalue weighted by Crippen LogP contribution is 2.38. The van der Waals surface area contributed by atoms with Gasteiger partial charge in [-0.15, -0.1) is 0 Å². The number of benzene rings is 3. The largest absolute Gasteiger partial charge is 0.461 e. The van der Waals surface area contributed by atoms with E-state index in [0.29, 0.717) is 16.1 Å². The van der Waals surface area contributed by atoms with Crippen LogP contribution in [0.3, 0.4) is 0 Å². The zero-order chi connectivity index (χ0) is 27.3. The zero-order valence-corrected chi connectivity index (χ0v) is 21.8. The topological polar surface area (TPSA) is 50.4 Å². The van der Waals surface area contributed by atoms with Crippen LogP contribution in [-0.4, -0.2) is 24.6 Å². The molecule has 2 N–H and O–H groups in total. The first kappa shape index (κ1) is 27.9. The normalized spacial score (nSPS) is 15.8. The molecule has 0 aliphatic heterocycles. The average molecular weight is 597 g/mol. The van der Waals surface area contributed by atoms with Crippen molar-refractivity contribution in [3.63, 3.8) is 0 Å². The zero-order valence-electron chi connectivity index (χ0n) is 20.2. The predicted molar refractivity (Wildman–Crippen MR) is 137 cm³/mol. The number of amides is 2. The minimum absolute atomic E-state index is 0.0388. The second kappa shape index (κ2) is 11.7. The molecule has 1 saturated carbocycles. The molecule has 4 nitrogen and oxygen atoms in total. The third-order valence-corrected chi connectivity index (χ3v) is 7.01. The molecule has 10 heteroatoms. The molecule has 0 radical (unpaired) electrons. The van der Waals surface area contributed by atoms with Crippen LogP contribution in [0.25, 0.3) is 0 Å². The van der Waals surface area contributed by atoms with Crippen molar-refractivity contribution in [2.45, 2.75) is 56.2 Å². The Hall–Kier alpha value is -3.14. The van der Waals surface area contributed by atoms with Crippen LogP contribution in [0.15, 0.2) is 77.3 Å². The molecule has 202 valence electrons. The molecule has 1 fully saturated rings. The number of carbonyl (C=O) groups is 1. The third-order valence-electron chi connectivity index (χ3n) is 6.52. The Morgan fingerprint density at radius 1 is 0.974 bits per heavy atom. The first-order valence-corrected chi connectivity index (χ1v) is 12.9. The molecule has 0 aromatic heterocycles. The number of halogens is 6. The maximum atomic E-state index is 14.9. The van der Waals surface area contributed by atoms with Gasteiger partial charge >= 0.3 is 18.6 Å². The molecule has 1 aliphatic carbocycles. The minimum atomic E-state index is -4.84. The molecular weight excluding hydrogens is 571 g/mol. The van der Waals surface area contributed by atoms with E-state index in [-0.39, 0.29) is 18.0 Å². The van der Waals surface area contributed by atoms with Crippen LogP contribution in [0.5, 0.6) is 5.75 Å². The predicted octanol–water partition coefficient (Wildman–Crippen LogP) is 7.55. The van der Waals surface area contributed by atoms with Crippen LogP contribution in [0.4, 0.5) is 26.7 Å². The van der Waals surface area contributed by atoms with Crippen molar-refractivity contribution in [3.8, 4) is 5.75 Å². The van der Waals surface area contributed by atoms with Crippen LogP contribution in [0.1, 0.15) is 42.4 Å². The summed E-state index contributed by atoms with van der Waals surface area (Å²) >= 11 is 3.42. The number of carbonyl (C=O) groups excluding carboxylic acids is 1. The molecule has 0 heterocycles. The highest BCUT2D eigenvalue weighted by atomic mass is 79.9. The van der Waals surface area contributed by atoms with E-state index in [4.69, 9.17) is 0 Å². The van der Waals surface area contributed by atoms with Gasteiger partial charge in [0.1, 0.15) is 11.6 Å². The van der Waals surface area contributed by atoms with Gasteiger partial charge in [0.25, 0.3) is 0 Å². The monoisotopic (exact) mass is 596 g/mol. The fraction of sp³-hybridized carbons (Fsp3) is 0.321. The van der Waals surface area contributed by atoms with Gasteiger partial charge in [-0.3, -0.25) is 0 Å². The molecule has 3 aromatic rings. The van der Waals surface area contributed by atoms with Crippen molar-refractivity contribution in [2.24, 2.45) is 0 Å². The van der Waals surface area contributed by atoms with E-state index in [0.717, 1.165) is 43.4 Å². The van der Waals surface area contributed by atoms with Crippen molar-refractivity contribution < 1.29 is 31.5 Å². The Labute approximate surface area is 225 Å². The van der Waals surface area contributed by atoms with Crippen molar-refractivity contribution in [2.75, 3.05) is 0 Å². The number of ether oxygens (including phenoxy) is 1. The number of rotatable bonds is 9. The van der Waals surface area contributed by atoms with E-state index in [2.05, 4.69) is 31.3 Å². The summed E-state index contributed by atoms with van der Waals surface area (Å²) in [6.45, 7) is 0. The van der Waals surface area contributed by atoms with Gasteiger partial charge in [-0.25, -0.2) is 9.18 Å². The highest BCUT2D eigenvalue weighted by Gasteiger charge is 2.45. The van der Waals surface area contributed by atoms with Gasteiger partial charge in [0.2, 0.25) is 0 Å². The van der Waals surface area contributed by atoms with E-state index >= 15 is 0 Å². The van der Waals surface area contributed by atoms with Crippen molar-refractivity contribution in [1.29, 1.82) is 0 Å². The minimum Gasteiger partial charge on any atom is -0.428 e. The molecule has 3 aromatic carbocycles. The standard InChI is InChI=1S/C28H26BrF5N2O2/c29-21-10-6-9-19(13-21)27(17-18-7-2-1-3-8-18,36-26(37)35-23-11-4-5-12-23)20-14-22(30)16-24(15-20)38-28(33,34)25(31)32/h1-3,6-10,13-16,23,25H,4-5,11-12,17H2,(H2,35,36,37)/t27-/m0/s1. The lowest BCUT2D eigenvalue weighted by Crippen LogP contribution is -2.53. The SMILES string of the molecule is O=C(NC1CCCC1)N[C@@](Cc1ccccc1)(c1cccc(Br)c1)c1cc(F)cc(OC(F)(F)C(F)F)c1. The molecular formula is C28H26BrF5N2O2. The first-order valence-electron chi connectivity index (χ1n) is 12.1. The second-order valence-corrected chi connectivity index (χ2v) is 10.2. The third kappa shape index (κ3) is 6.64. The maximum Gasteiger partial charge on any atom is 0.461 e. The quantitative estimate of drug-likeness (QED) is 0.250. The van der Waals surface area contributed by atoms with Crippen molar-refractivity contribution in [1.82, 2.24) is 10.6 Å². The van der Waals surface area contributed by atoms with Crippen LogP contribution in [0, 0.1) is 5.82 Å². The van der Waals surface area contributed by atoms with Gasteiger partial charge < -0.3 is 15.4 Å². The summed E-state index contributed by atoms with van der Waals surface area (Å²) in [7, 11) is 0. The van der Waals surface area contributed by atoms with E-state index in [1.165, 1.54) is 0 Å². The molecule has 0 saturated heterocycles. The Morgan fingerprint density at radius 3 is 2.34 bits per heavy atom. The summed E-state index contributed by atoms with van der Waals surface area (Å²) in [6.07, 6.45) is -5.27. The fourth-order valence-corrected chi connectivity index (χ4v) is 5.17. The van der Waals surface area contributed by atoms with Crippen LogP contribution in [0.2, 0.25) is 0 Å². The molecule has 4 rings (SSSR count). The Bertz CT molecular complexity index is 1260. The Kier molecular flexibility index (Phi) is 8.60. The maximum absolute atomic E-state index is 14.9. The highest BCUT2D eigenvalue weighted by molar-refractivity contribution is 9.10. The number of urea groups is 1. The Morgan fingerprint density at radius 2 is 1.68 bits per heavy atom. The van der Waals surface area contributed by atoms with E-state index in [1.54, 1.807) is 36.4 Å². The van der Waals surface area contributed by atoms with Gasteiger partial charge in [0.15, 0.2) is 0 Å². The lowest BCUT2D eigenvalue weighted by Gasteiger charge is -2.37. The number of nitrogens with one attached hydrogen (secondary N) is 2. The number of hydrogen-bond acceptors (Lipinski definition) is 2. The molecule has 0 bridgehead atoms. The molecule has 38 heavy (non-hydrogen) atoms. The summed E-state index contributed by atoms with van der Waals surface area (Å²) < 4.78 is 73.0. The average Bonchev–Trinajstić information content (AvgIpc) is 3.36. The molecule has 2 amide bonds. The van der Waals surface area contributed by atoms with E-state index < -0.39 is 35.7 Å². The van der Waals surface area contributed by atoms with Crippen molar-refractivity contribution in [3.05, 3.63) is 99.8 Å². The van der Waals surface area contributed by atoms with Gasteiger partial charge in [-0.2, -0.15) is 17.6 Å². The lowest BCUT2D eigenvalue weighted by atomic mass is 9.77. The molecule has 1 atom stereocenters. The number of hydrogen-bond donors (Lipinski definition) is 2.